The highest BCUT2D eigenvalue weighted by Gasteiger charge is 2.42. The fourth-order valence-corrected chi connectivity index (χ4v) is 5.86. The van der Waals surface area contributed by atoms with Gasteiger partial charge in [-0.25, -0.2) is 21.6 Å². The third-order valence-electron chi connectivity index (χ3n) is 6.12. The Balaban J connectivity index is 1.94. The summed E-state index contributed by atoms with van der Waals surface area (Å²) in [6, 6.07) is 5.24. The number of allylic oxidation sites excluding steroid dienone is 3. The smallest absolute Gasteiger partial charge is 0.338 e. The number of carbonyl (C=O) groups is 1. The number of rotatable bonds is 5. The van der Waals surface area contributed by atoms with Crippen molar-refractivity contribution in [1.82, 2.24) is 8.96 Å². The van der Waals surface area contributed by atoms with Crippen LogP contribution in [-0.4, -0.2) is 34.7 Å². The van der Waals surface area contributed by atoms with E-state index in [1.807, 2.05) is 0 Å². The van der Waals surface area contributed by atoms with Gasteiger partial charge in [0, 0.05) is 28.9 Å². The Morgan fingerprint density at radius 2 is 2.03 bits per heavy atom. The van der Waals surface area contributed by atoms with E-state index in [-0.39, 0.29) is 40.6 Å². The van der Waals surface area contributed by atoms with Gasteiger partial charge in [0.1, 0.15) is 16.1 Å². The lowest BCUT2D eigenvalue weighted by Crippen LogP contribution is -2.41. The minimum Gasteiger partial charge on any atom is -0.462 e. The van der Waals surface area contributed by atoms with Crippen LogP contribution in [0.25, 0.3) is 22.0 Å². The largest absolute Gasteiger partial charge is 0.462 e. The molecule has 1 aliphatic rings. The number of aromatic amines is 1. The van der Waals surface area contributed by atoms with Crippen molar-refractivity contribution in [3.05, 3.63) is 82.2 Å². The number of benzene rings is 1. The molecule has 7 nitrogen and oxygen atoms in total. The Morgan fingerprint density at radius 3 is 2.73 bits per heavy atom. The number of nitrogens with one attached hydrogen (secondary N) is 1. The van der Waals surface area contributed by atoms with Crippen molar-refractivity contribution in [2.24, 2.45) is 0 Å². The van der Waals surface area contributed by atoms with Gasteiger partial charge in [0.15, 0.2) is 0 Å². The van der Waals surface area contributed by atoms with E-state index in [0.29, 0.717) is 5.57 Å². The first kappa shape index (κ1) is 22.7. The maximum atomic E-state index is 14.8. The second-order valence-electron chi connectivity index (χ2n) is 8.04. The van der Waals surface area contributed by atoms with Crippen LogP contribution >= 0.6 is 0 Å². The van der Waals surface area contributed by atoms with Crippen molar-refractivity contribution in [1.29, 1.82) is 0 Å². The number of halogens is 1. The number of carbonyl (C=O) groups excluding carboxylic acids is 1. The van der Waals surface area contributed by atoms with E-state index in [0.717, 1.165) is 10.0 Å². The van der Waals surface area contributed by atoms with E-state index in [1.165, 1.54) is 30.6 Å². The molecule has 0 spiro atoms. The number of hydrogen-bond acceptors (Lipinski definition) is 5. The van der Waals surface area contributed by atoms with Gasteiger partial charge in [-0.3, -0.25) is 4.79 Å². The van der Waals surface area contributed by atoms with Gasteiger partial charge in [0.2, 0.25) is 10.0 Å². The quantitative estimate of drug-likeness (QED) is 0.565. The highest BCUT2D eigenvalue weighted by molar-refractivity contribution is 7.91. The van der Waals surface area contributed by atoms with E-state index in [2.05, 4.69) is 4.98 Å². The Labute approximate surface area is 190 Å². The summed E-state index contributed by atoms with van der Waals surface area (Å²) < 4.78 is 46.9. The lowest BCUT2D eigenvalue weighted by Gasteiger charge is -2.31. The molecule has 3 aromatic rings. The highest BCUT2D eigenvalue weighted by Crippen LogP contribution is 2.37. The molecule has 0 saturated heterocycles. The van der Waals surface area contributed by atoms with Crippen LogP contribution in [0.2, 0.25) is 0 Å². The second kappa shape index (κ2) is 8.15. The molecule has 9 heteroatoms. The van der Waals surface area contributed by atoms with Crippen molar-refractivity contribution >= 4 is 26.9 Å². The minimum absolute atomic E-state index is 0.0415. The van der Waals surface area contributed by atoms with E-state index in [1.54, 1.807) is 39.0 Å². The fourth-order valence-electron chi connectivity index (χ4n) is 4.00. The number of hydrogen-bond donors (Lipinski definition) is 1. The fraction of sp³-hybridized carbons (Fsp3) is 0.250. The molecule has 2 aromatic heterocycles. The van der Waals surface area contributed by atoms with Gasteiger partial charge in [0.05, 0.1) is 12.2 Å². The molecule has 0 amide bonds. The maximum absolute atomic E-state index is 14.8. The molecule has 0 fully saturated rings. The normalized spacial score (nSPS) is 18.4. The SMILES string of the molecule is CCOC(=O)c1ccc(F)c(-c2c[nH]c(=O)c3c2ccn3S(=O)(=O)C2(C)CC=CC=C2C)c1. The zero-order chi connectivity index (χ0) is 24.0. The third kappa shape index (κ3) is 3.52. The average Bonchev–Trinajstić information content (AvgIpc) is 3.24. The molecule has 4 rings (SSSR count). The maximum Gasteiger partial charge on any atom is 0.338 e. The summed E-state index contributed by atoms with van der Waals surface area (Å²) in [5, 5.41) is 0.249. The molecule has 0 radical (unpaired) electrons. The van der Waals surface area contributed by atoms with Gasteiger partial charge in [-0.1, -0.05) is 23.8 Å². The Kier molecular flexibility index (Phi) is 5.61. The third-order valence-corrected chi connectivity index (χ3v) is 8.57. The molecule has 172 valence electrons. The van der Waals surface area contributed by atoms with Crippen molar-refractivity contribution in [2.75, 3.05) is 6.61 Å². The van der Waals surface area contributed by atoms with E-state index in [9.17, 15) is 22.4 Å². The minimum atomic E-state index is -4.05. The molecule has 0 aliphatic heterocycles. The zero-order valence-electron chi connectivity index (χ0n) is 18.4. The number of fused-ring (bicyclic) bond motifs is 1. The predicted octanol–water partition coefficient (Wildman–Crippen LogP) is 4.16. The average molecular weight is 471 g/mol. The number of aromatic nitrogens is 2. The van der Waals surface area contributed by atoms with Crippen LogP contribution in [0.1, 0.15) is 37.6 Å². The van der Waals surface area contributed by atoms with Gasteiger partial charge >= 0.3 is 5.97 Å². The Bertz CT molecular complexity index is 1500. The monoisotopic (exact) mass is 470 g/mol. The molecule has 1 N–H and O–H groups in total. The van der Waals surface area contributed by atoms with Crippen molar-refractivity contribution < 1.29 is 22.3 Å². The summed E-state index contributed by atoms with van der Waals surface area (Å²) >= 11 is 0. The van der Waals surface area contributed by atoms with Crippen LogP contribution < -0.4 is 5.56 Å². The number of nitrogens with zero attached hydrogens (tertiary/aromatic N) is 1. The number of ether oxygens (including phenoxy) is 1. The number of esters is 1. The summed E-state index contributed by atoms with van der Waals surface area (Å²) in [6.07, 6.45) is 8.17. The van der Waals surface area contributed by atoms with E-state index >= 15 is 0 Å². The zero-order valence-corrected chi connectivity index (χ0v) is 19.2. The lowest BCUT2D eigenvalue weighted by molar-refractivity contribution is 0.0526. The first-order valence-electron chi connectivity index (χ1n) is 10.4. The predicted molar refractivity (Wildman–Crippen MR) is 124 cm³/mol. The standard InChI is InChI=1S/C24H23FN2O5S/c1-4-32-23(29)16-8-9-20(25)18(13-16)19-14-26-22(28)21-17(19)10-12-27(21)33(30,31)24(3)11-6-5-7-15(24)2/h5-10,12-14H,4,11H2,1-3H3,(H,26,28). The molecule has 1 aliphatic carbocycles. The number of pyridine rings is 1. The summed E-state index contributed by atoms with van der Waals surface area (Å²) in [7, 11) is -4.05. The van der Waals surface area contributed by atoms with Crippen LogP contribution in [0.15, 0.2) is 65.3 Å². The molecule has 0 saturated carbocycles. The van der Waals surface area contributed by atoms with Crippen molar-refractivity contribution in [3.63, 3.8) is 0 Å². The van der Waals surface area contributed by atoms with Crippen LogP contribution in [0.4, 0.5) is 4.39 Å². The van der Waals surface area contributed by atoms with Gasteiger partial charge < -0.3 is 9.72 Å². The summed E-state index contributed by atoms with van der Waals surface area (Å²) in [5.41, 5.74) is 0.343. The van der Waals surface area contributed by atoms with Gasteiger partial charge in [-0.2, -0.15) is 0 Å². The topological polar surface area (TPSA) is 98.2 Å². The summed E-state index contributed by atoms with van der Waals surface area (Å²) in [4.78, 5) is 27.4. The molecule has 0 bridgehead atoms. The molecule has 1 aromatic carbocycles. The van der Waals surface area contributed by atoms with E-state index in [4.69, 9.17) is 4.74 Å². The number of H-pyrrole nitrogens is 1. The lowest BCUT2D eigenvalue weighted by atomic mass is 9.94. The highest BCUT2D eigenvalue weighted by atomic mass is 32.2. The summed E-state index contributed by atoms with van der Waals surface area (Å²) in [6.45, 7) is 5.18. The molecule has 2 heterocycles. The van der Waals surface area contributed by atoms with Crippen LogP contribution in [0, 0.1) is 5.82 Å². The van der Waals surface area contributed by atoms with Gasteiger partial charge in [0.25, 0.3) is 5.56 Å². The van der Waals surface area contributed by atoms with Gasteiger partial charge in [-0.15, -0.1) is 0 Å². The van der Waals surface area contributed by atoms with Crippen LogP contribution in [0.5, 0.6) is 0 Å². The molecule has 33 heavy (non-hydrogen) atoms. The molecule has 1 unspecified atom stereocenters. The Morgan fingerprint density at radius 1 is 1.27 bits per heavy atom. The van der Waals surface area contributed by atoms with Gasteiger partial charge in [-0.05, 0) is 51.5 Å². The van der Waals surface area contributed by atoms with Crippen molar-refractivity contribution in [3.8, 4) is 11.1 Å². The van der Waals surface area contributed by atoms with E-state index < -0.39 is 32.1 Å². The molecular weight excluding hydrogens is 447 g/mol. The van der Waals surface area contributed by atoms with Crippen molar-refractivity contribution in [2.45, 2.75) is 31.9 Å². The molecule has 1 atom stereocenters. The van der Waals surface area contributed by atoms with Crippen LogP contribution in [-0.2, 0) is 14.8 Å². The van der Waals surface area contributed by atoms with Crippen LogP contribution in [0.3, 0.4) is 0 Å². The molecular formula is C24H23FN2O5S. The summed E-state index contributed by atoms with van der Waals surface area (Å²) in [5.74, 6) is -1.24. The first-order chi connectivity index (χ1) is 15.6. The first-order valence-corrected chi connectivity index (χ1v) is 11.8. The second-order valence-corrected chi connectivity index (χ2v) is 10.3. The Hall–Kier alpha value is -3.46.